The van der Waals surface area contributed by atoms with Crippen molar-refractivity contribution >= 4 is 5.91 Å². The molecule has 1 saturated heterocycles. The summed E-state index contributed by atoms with van der Waals surface area (Å²) < 4.78 is 0. The average molecular weight is 300 g/mol. The number of benzene rings is 1. The minimum Gasteiger partial charge on any atom is -0.339 e. The SMILES string of the molecule is CC(C)CC1CN(C(=O)C2(c3ccccc3)CCC2)CCN1. The minimum atomic E-state index is -0.235. The second-order valence-corrected chi connectivity index (χ2v) is 7.33. The third-order valence-electron chi connectivity index (χ3n) is 5.24. The first-order valence-electron chi connectivity index (χ1n) is 8.70. The lowest BCUT2D eigenvalue weighted by Crippen LogP contribution is -2.59. The third-order valence-corrected chi connectivity index (χ3v) is 5.24. The molecule has 1 aromatic rings. The number of carbonyl (C=O) groups is 1. The van der Waals surface area contributed by atoms with E-state index < -0.39 is 0 Å². The van der Waals surface area contributed by atoms with Crippen LogP contribution in [0.15, 0.2) is 30.3 Å². The van der Waals surface area contributed by atoms with Gasteiger partial charge >= 0.3 is 0 Å². The molecule has 2 aliphatic rings. The first-order chi connectivity index (χ1) is 10.6. The molecule has 1 aliphatic carbocycles. The highest BCUT2D eigenvalue weighted by molar-refractivity contribution is 5.89. The molecule has 1 heterocycles. The van der Waals surface area contributed by atoms with Crippen LogP contribution >= 0.6 is 0 Å². The van der Waals surface area contributed by atoms with Crippen molar-refractivity contribution in [3.05, 3.63) is 35.9 Å². The lowest BCUT2D eigenvalue weighted by molar-refractivity contribution is -0.142. The van der Waals surface area contributed by atoms with Gasteiger partial charge in [0.25, 0.3) is 0 Å². The molecule has 120 valence electrons. The largest absolute Gasteiger partial charge is 0.339 e. The van der Waals surface area contributed by atoms with E-state index >= 15 is 0 Å². The third kappa shape index (κ3) is 2.91. The van der Waals surface area contributed by atoms with E-state index in [0.717, 1.165) is 38.9 Å². The first-order valence-corrected chi connectivity index (χ1v) is 8.70. The summed E-state index contributed by atoms with van der Waals surface area (Å²) in [4.78, 5) is 15.4. The lowest BCUT2D eigenvalue weighted by Gasteiger charge is -2.46. The summed E-state index contributed by atoms with van der Waals surface area (Å²) in [7, 11) is 0. The molecule has 0 radical (unpaired) electrons. The van der Waals surface area contributed by atoms with E-state index in [0.29, 0.717) is 17.9 Å². The van der Waals surface area contributed by atoms with E-state index in [2.05, 4.69) is 48.3 Å². The molecule has 1 unspecified atom stereocenters. The van der Waals surface area contributed by atoms with E-state index in [1.807, 2.05) is 6.07 Å². The van der Waals surface area contributed by atoms with Crippen LogP contribution in [0.2, 0.25) is 0 Å². The Labute approximate surface area is 134 Å². The van der Waals surface area contributed by atoms with Gasteiger partial charge in [-0.2, -0.15) is 0 Å². The molecular formula is C19H28N2O. The number of amides is 1. The predicted octanol–water partition coefficient (Wildman–Crippen LogP) is 2.95. The Bertz CT molecular complexity index is 507. The van der Waals surface area contributed by atoms with Crippen molar-refractivity contribution in [3.63, 3.8) is 0 Å². The van der Waals surface area contributed by atoms with Gasteiger partial charge in [0.2, 0.25) is 5.91 Å². The van der Waals surface area contributed by atoms with Gasteiger partial charge in [0.05, 0.1) is 5.41 Å². The summed E-state index contributed by atoms with van der Waals surface area (Å²) in [5, 5.41) is 3.57. The summed E-state index contributed by atoms with van der Waals surface area (Å²) in [5.74, 6) is 1.03. The van der Waals surface area contributed by atoms with Crippen LogP contribution in [-0.4, -0.2) is 36.5 Å². The van der Waals surface area contributed by atoms with E-state index in [1.54, 1.807) is 0 Å². The zero-order chi connectivity index (χ0) is 15.6. The fraction of sp³-hybridized carbons (Fsp3) is 0.632. The molecule has 1 saturated carbocycles. The van der Waals surface area contributed by atoms with Crippen LogP contribution in [0.3, 0.4) is 0 Å². The average Bonchev–Trinajstić information content (AvgIpc) is 2.47. The van der Waals surface area contributed by atoms with E-state index in [1.165, 1.54) is 12.0 Å². The van der Waals surface area contributed by atoms with Gasteiger partial charge in [-0.25, -0.2) is 0 Å². The van der Waals surface area contributed by atoms with Gasteiger partial charge in [0.15, 0.2) is 0 Å². The minimum absolute atomic E-state index is 0.235. The molecule has 3 heteroatoms. The molecule has 0 aromatic heterocycles. The molecule has 0 bridgehead atoms. The van der Waals surface area contributed by atoms with Crippen molar-refractivity contribution in [2.45, 2.75) is 51.0 Å². The van der Waals surface area contributed by atoms with Gasteiger partial charge in [0.1, 0.15) is 0 Å². The van der Waals surface area contributed by atoms with Crippen LogP contribution in [0, 0.1) is 5.92 Å². The highest BCUT2D eigenvalue weighted by Crippen LogP contribution is 2.45. The van der Waals surface area contributed by atoms with Crippen molar-refractivity contribution in [2.24, 2.45) is 5.92 Å². The normalized spacial score (nSPS) is 24.1. The van der Waals surface area contributed by atoms with E-state index in [-0.39, 0.29) is 5.41 Å². The molecule has 1 N–H and O–H groups in total. The van der Waals surface area contributed by atoms with Crippen molar-refractivity contribution < 1.29 is 4.79 Å². The molecule has 3 rings (SSSR count). The second kappa shape index (κ2) is 6.41. The van der Waals surface area contributed by atoms with Gasteiger partial charge in [0, 0.05) is 25.7 Å². The summed E-state index contributed by atoms with van der Waals surface area (Å²) >= 11 is 0. The van der Waals surface area contributed by atoms with Gasteiger partial charge < -0.3 is 10.2 Å². The molecule has 3 nitrogen and oxygen atoms in total. The number of piperazine rings is 1. The quantitative estimate of drug-likeness (QED) is 0.927. The van der Waals surface area contributed by atoms with Gasteiger partial charge in [-0.1, -0.05) is 50.6 Å². The molecule has 1 aliphatic heterocycles. The van der Waals surface area contributed by atoms with Crippen LogP contribution in [0.5, 0.6) is 0 Å². The topological polar surface area (TPSA) is 32.3 Å². The van der Waals surface area contributed by atoms with E-state index in [4.69, 9.17) is 0 Å². The van der Waals surface area contributed by atoms with Crippen molar-refractivity contribution in [2.75, 3.05) is 19.6 Å². The highest BCUT2D eigenvalue weighted by Gasteiger charge is 2.48. The number of rotatable bonds is 4. The van der Waals surface area contributed by atoms with E-state index in [9.17, 15) is 4.79 Å². The molecule has 1 aromatic carbocycles. The number of hydrogen-bond acceptors (Lipinski definition) is 2. The smallest absolute Gasteiger partial charge is 0.233 e. The fourth-order valence-corrected chi connectivity index (χ4v) is 3.95. The number of nitrogens with zero attached hydrogens (tertiary/aromatic N) is 1. The van der Waals surface area contributed by atoms with Crippen molar-refractivity contribution in [1.29, 1.82) is 0 Å². The Morgan fingerprint density at radius 1 is 1.32 bits per heavy atom. The Morgan fingerprint density at radius 3 is 2.64 bits per heavy atom. The van der Waals surface area contributed by atoms with Crippen LogP contribution < -0.4 is 5.32 Å². The Hall–Kier alpha value is -1.35. The number of hydrogen-bond donors (Lipinski definition) is 1. The fourth-order valence-electron chi connectivity index (χ4n) is 3.95. The van der Waals surface area contributed by atoms with Crippen LogP contribution in [0.4, 0.5) is 0 Å². The standard InChI is InChI=1S/C19H28N2O/c1-15(2)13-17-14-21(12-11-20-17)18(22)19(9-6-10-19)16-7-4-3-5-8-16/h3-5,7-8,15,17,20H,6,9-14H2,1-2H3. The first kappa shape index (κ1) is 15.5. The maximum Gasteiger partial charge on any atom is 0.233 e. The maximum atomic E-state index is 13.2. The summed E-state index contributed by atoms with van der Waals surface area (Å²) in [5.41, 5.74) is 0.978. The maximum absolute atomic E-state index is 13.2. The van der Waals surface area contributed by atoms with Crippen molar-refractivity contribution in [3.8, 4) is 0 Å². The molecule has 1 atom stereocenters. The van der Waals surface area contributed by atoms with Gasteiger partial charge in [-0.3, -0.25) is 4.79 Å². The van der Waals surface area contributed by atoms with Crippen LogP contribution in [0.25, 0.3) is 0 Å². The monoisotopic (exact) mass is 300 g/mol. The summed E-state index contributed by atoms with van der Waals surface area (Å²) in [6, 6.07) is 10.9. The predicted molar refractivity (Wildman–Crippen MR) is 89.8 cm³/mol. The highest BCUT2D eigenvalue weighted by atomic mass is 16.2. The van der Waals surface area contributed by atoms with Gasteiger partial charge in [-0.05, 0) is 30.7 Å². The number of carbonyl (C=O) groups excluding carboxylic acids is 1. The molecule has 2 fully saturated rings. The molecule has 0 spiro atoms. The van der Waals surface area contributed by atoms with Crippen LogP contribution in [-0.2, 0) is 10.2 Å². The lowest BCUT2D eigenvalue weighted by atomic mass is 9.63. The molecule has 1 amide bonds. The summed E-state index contributed by atoms with van der Waals surface area (Å²) in [6.07, 6.45) is 4.33. The second-order valence-electron chi connectivity index (χ2n) is 7.33. The zero-order valence-corrected chi connectivity index (χ0v) is 13.8. The molecular weight excluding hydrogens is 272 g/mol. The molecule has 22 heavy (non-hydrogen) atoms. The number of nitrogens with one attached hydrogen (secondary N) is 1. The Kier molecular flexibility index (Phi) is 4.53. The zero-order valence-electron chi connectivity index (χ0n) is 13.8. The van der Waals surface area contributed by atoms with Gasteiger partial charge in [-0.15, -0.1) is 0 Å². The Balaban J connectivity index is 1.74. The Morgan fingerprint density at radius 2 is 2.05 bits per heavy atom. The van der Waals surface area contributed by atoms with Crippen molar-refractivity contribution in [1.82, 2.24) is 10.2 Å². The summed E-state index contributed by atoms with van der Waals surface area (Å²) in [6.45, 7) is 7.14. The van der Waals surface area contributed by atoms with Crippen LogP contribution in [0.1, 0.15) is 45.1 Å².